The second kappa shape index (κ2) is 8.87. The van der Waals surface area contributed by atoms with E-state index in [0.717, 1.165) is 0 Å². The van der Waals surface area contributed by atoms with E-state index in [1.165, 1.54) is 17.8 Å². The predicted octanol–water partition coefficient (Wildman–Crippen LogP) is 5.13. The molecule has 0 spiro atoms. The van der Waals surface area contributed by atoms with Crippen LogP contribution in [0, 0.1) is 5.82 Å². The summed E-state index contributed by atoms with van der Waals surface area (Å²) in [4.78, 5) is 0. The van der Waals surface area contributed by atoms with Gasteiger partial charge in [0, 0.05) is 12.3 Å². The number of benzene rings is 2. The van der Waals surface area contributed by atoms with Gasteiger partial charge in [-0.25, -0.2) is 4.39 Å². The van der Waals surface area contributed by atoms with Crippen molar-refractivity contribution in [3.8, 4) is 5.75 Å². The fraction of sp³-hybridized carbons (Fsp3) is 0.158. The summed E-state index contributed by atoms with van der Waals surface area (Å²) in [6, 6.07) is 14.0. The molecule has 0 atom stereocenters. The average Bonchev–Trinajstić information content (AvgIpc) is 3.03. The molecule has 2 aromatic carbocycles. The van der Waals surface area contributed by atoms with Gasteiger partial charge in [0.1, 0.15) is 18.2 Å². The van der Waals surface area contributed by atoms with Gasteiger partial charge < -0.3 is 4.74 Å². The number of thioether (sulfide) groups is 1. The van der Waals surface area contributed by atoms with Crippen LogP contribution in [0.3, 0.4) is 0 Å². The van der Waals surface area contributed by atoms with E-state index in [4.69, 9.17) is 16.3 Å². The summed E-state index contributed by atoms with van der Waals surface area (Å²) in [5.41, 5.74) is 0.625. The number of para-hydroxylation sites is 1. The Morgan fingerprint density at radius 2 is 1.92 bits per heavy atom. The normalized spacial score (nSPS) is 10.7. The summed E-state index contributed by atoms with van der Waals surface area (Å²) in [5, 5.41) is 9.63. The van der Waals surface area contributed by atoms with Gasteiger partial charge in [0.15, 0.2) is 11.0 Å². The third kappa shape index (κ3) is 4.45. The van der Waals surface area contributed by atoms with Gasteiger partial charge in [-0.2, -0.15) is 0 Å². The molecule has 134 valence electrons. The van der Waals surface area contributed by atoms with Crippen LogP contribution in [0.5, 0.6) is 5.75 Å². The maximum atomic E-state index is 13.8. The fourth-order valence-electron chi connectivity index (χ4n) is 2.31. The zero-order valence-electron chi connectivity index (χ0n) is 13.9. The molecule has 0 aliphatic carbocycles. The third-order valence-electron chi connectivity index (χ3n) is 3.61. The molecule has 0 bridgehead atoms. The van der Waals surface area contributed by atoms with E-state index >= 15 is 0 Å². The van der Waals surface area contributed by atoms with Gasteiger partial charge in [0.05, 0.1) is 5.02 Å². The monoisotopic (exact) mass is 389 g/mol. The maximum Gasteiger partial charge on any atom is 0.191 e. The number of aromatic nitrogens is 3. The topological polar surface area (TPSA) is 39.9 Å². The van der Waals surface area contributed by atoms with Crippen LogP contribution in [-0.2, 0) is 18.9 Å². The van der Waals surface area contributed by atoms with Gasteiger partial charge in [0.25, 0.3) is 0 Å². The van der Waals surface area contributed by atoms with Crippen LogP contribution in [0.4, 0.5) is 4.39 Å². The van der Waals surface area contributed by atoms with Crippen molar-refractivity contribution in [3.63, 3.8) is 0 Å². The minimum atomic E-state index is -0.225. The summed E-state index contributed by atoms with van der Waals surface area (Å²) in [6.45, 7) is 4.54. The first-order chi connectivity index (χ1) is 12.7. The molecule has 0 aliphatic rings. The Bertz CT molecular complexity index is 833. The molecule has 1 aromatic heterocycles. The molecule has 0 saturated heterocycles. The standard InChI is InChI=1S/C19H17ClFN3OS/c1-2-11-24-18(12-25-17-10-6-4-8-15(17)20)22-23-19(24)26-13-14-7-3-5-9-16(14)21/h2-10H,1,11-13H2. The number of allylic oxidation sites excluding steroid dienone is 1. The van der Waals surface area contributed by atoms with Gasteiger partial charge in [-0.15, -0.1) is 16.8 Å². The third-order valence-corrected chi connectivity index (χ3v) is 4.94. The van der Waals surface area contributed by atoms with Crippen LogP contribution in [0.2, 0.25) is 5.02 Å². The van der Waals surface area contributed by atoms with Crippen LogP contribution in [-0.4, -0.2) is 14.8 Å². The summed E-state index contributed by atoms with van der Waals surface area (Å²) in [7, 11) is 0. The van der Waals surface area contributed by atoms with Crippen LogP contribution < -0.4 is 4.74 Å². The zero-order valence-corrected chi connectivity index (χ0v) is 15.5. The number of nitrogens with zero attached hydrogens (tertiary/aromatic N) is 3. The van der Waals surface area contributed by atoms with E-state index in [-0.39, 0.29) is 12.4 Å². The highest BCUT2D eigenvalue weighted by Gasteiger charge is 2.14. The summed E-state index contributed by atoms with van der Waals surface area (Å²) in [6.07, 6.45) is 1.76. The van der Waals surface area contributed by atoms with Gasteiger partial charge in [-0.3, -0.25) is 4.57 Å². The van der Waals surface area contributed by atoms with Crippen LogP contribution in [0.1, 0.15) is 11.4 Å². The molecule has 1 heterocycles. The molecule has 0 radical (unpaired) electrons. The quantitative estimate of drug-likeness (QED) is 0.395. The van der Waals surface area contributed by atoms with Crippen LogP contribution in [0.15, 0.2) is 66.3 Å². The lowest BCUT2D eigenvalue weighted by atomic mass is 10.2. The smallest absolute Gasteiger partial charge is 0.191 e. The van der Waals surface area contributed by atoms with E-state index in [1.807, 2.05) is 22.8 Å². The largest absolute Gasteiger partial charge is 0.484 e. The van der Waals surface area contributed by atoms with Crippen molar-refractivity contribution >= 4 is 23.4 Å². The van der Waals surface area contributed by atoms with Gasteiger partial charge in [-0.05, 0) is 23.8 Å². The Morgan fingerprint density at radius 3 is 2.69 bits per heavy atom. The molecular weight excluding hydrogens is 373 g/mol. The molecule has 0 fully saturated rings. The van der Waals surface area contributed by atoms with E-state index < -0.39 is 0 Å². The summed E-state index contributed by atoms with van der Waals surface area (Å²) in [5.74, 6) is 1.48. The van der Waals surface area contributed by atoms with Gasteiger partial charge in [0.2, 0.25) is 0 Å². The highest BCUT2D eigenvalue weighted by molar-refractivity contribution is 7.98. The molecule has 0 amide bonds. The fourth-order valence-corrected chi connectivity index (χ4v) is 3.45. The van der Waals surface area contributed by atoms with E-state index in [1.54, 1.807) is 30.3 Å². The number of hydrogen-bond donors (Lipinski definition) is 0. The van der Waals surface area contributed by atoms with Crippen molar-refractivity contribution in [2.75, 3.05) is 0 Å². The highest BCUT2D eigenvalue weighted by atomic mass is 35.5. The molecule has 0 N–H and O–H groups in total. The Kier molecular flexibility index (Phi) is 6.30. The maximum absolute atomic E-state index is 13.8. The molecule has 3 rings (SSSR count). The number of halogens is 2. The van der Waals surface area contributed by atoms with Crippen molar-refractivity contribution in [2.24, 2.45) is 0 Å². The molecule has 4 nitrogen and oxygen atoms in total. The Morgan fingerprint density at radius 1 is 1.15 bits per heavy atom. The number of hydrogen-bond acceptors (Lipinski definition) is 4. The minimum absolute atomic E-state index is 0.225. The first-order valence-corrected chi connectivity index (χ1v) is 9.32. The van der Waals surface area contributed by atoms with Crippen molar-refractivity contribution in [1.29, 1.82) is 0 Å². The van der Waals surface area contributed by atoms with Crippen molar-refractivity contribution in [1.82, 2.24) is 14.8 Å². The van der Waals surface area contributed by atoms with E-state index in [2.05, 4.69) is 16.8 Å². The zero-order chi connectivity index (χ0) is 18.4. The number of ether oxygens (including phenoxy) is 1. The molecule has 26 heavy (non-hydrogen) atoms. The minimum Gasteiger partial charge on any atom is -0.484 e. The Hall–Kier alpha value is -2.31. The SMILES string of the molecule is C=CCn1c(COc2ccccc2Cl)nnc1SCc1ccccc1F. The predicted molar refractivity (Wildman–Crippen MR) is 102 cm³/mol. The molecular formula is C19H17ClFN3OS. The summed E-state index contributed by atoms with van der Waals surface area (Å²) >= 11 is 7.53. The Labute approximate surface area is 160 Å². The van der Waals surface area contributed by atoms with E-state index in [9.17, 15) is 4.39 Å². The first-order valence-electron chi connectivity index (χ1n) is 7.95. The lowest BCUT2D eigenvalue weighted by Gasteiger charge is -2.10. The van der Waals surface area contributed by atoms with Crippen molar-refractivity contribution < 1.29 is 9.13 Å². The molecule has 0 aliphatic heterocycles. The van der Waals surface area contributed by atoms with E-state index in [0.29, 0.717) is 39.6 Å². The molecule has 0 unspecified atom stereocenters. The Balaban J connectivity index is 1.72. The molecule has 3 aromatic rings. The van der Waals surface area contributed by atoms with Crippen molar-refractivity contribution in [3.05, 3.63) is 83.4 Å². The second-order valence-corrected chi connectivity index (χ2v) is 6.75. The van der Waals surface area contributed by atoms with Crippen molar-refractivity contribution in [2.45, 2.75) is 24.1 Å². The van der Waals surface area contributed by atoms with Crippen LogP contribution >= 0.6 is 23.4 Å². The lowest BCUT2D eigenvalue weighted by Crippen LogP contribution is -2.07. The highest BCUT2D eigenvalue weighted by Crippen LogP contribution is 2.26. The van der Waals surface area contributed by atoms with Gasteiger partial charge >= 0.3 is 0 Å². The lowest BCUT2D eigenvalue weighted by molar-refractivity contribution is 0.289. The second-order valence-electron chi connectivity index (χ2n) is 5.40. The van der Waals surface area contributed by atoms with Crippen LogP contribution in [0.25, 0.3) is 0 Å². The number of rotatable bonds is 8. The molecule has 0 saturated carbocycles. The average molecular weight is 390 g/mol. The first kappa shape index (κ1) is 18.5. The summed E-state index contributed by atoms with van der Waals surface area (Å²) < 4.78 is 21.4. The molecule has 7 heteroatoms. The van der Waals surface area contributed by atoms with Gasteiger partial charge in [-0.1, -0.05) is 59.8 Å².